The first-order valence-corrected chi connectivity index (χ1v) is 11.6. The summed E-state index contributed by atoms with van der Waals surface area (Å²) in [6.45, 7) is 4.28. The molecule has 0 heterocycles. The Hall–Kier alpha value is -0.550. The molecule has 168 valence electrons. The summed E-state index contributed by atoms with van der Waals surface area (Å²) >= 11 is 0. The van der Waals surface area contributed by atoms with E-state index in [1.807, 2.05) is 0 Å². The largest absolute Gasteiger partial charge is 0.390 e. The Balaban J connectivity index is 3.87. The molecule has 0 saturated carbocycles. The van der Waals surface area contributed by atoms with Crippen LogP contribution in [0.5, 0.6) is 0 Å². The van der Waals surface area contributed by atoms with Crippen LogP contribution in [-0.4, -0.2) is 40.5 Å². The van der Waals surface area contributed by atoms with Crippen molar-refractivity contribution < 1.29 is 23.8 Å². The first-order valence-electron chi connectivity index (χ1n) is 11.6. The SMILES string of the molecule is CCCCCCCC[C@H](F)[C@H](O)CC(=O)C[C@@H](O)[C@@H](F)CCCCCCCC. The maximum atomic E-state index is 14.0. The number of alkyl halides is 2. The predicted octanol–water partition coefficient (Wildman–Crippen LogP) is 6.23. The summed E-state index contributed by atoms with van der Waals surface area (Å²) in [5.41, 5.74) is 0. The minimum absolute atomic E-state index is 0.243. The van der Waals surface area contributed by atoms with Crippen molar-refractivity contribution in [3.05, 3.63) is 0 Å². The summed E-state index contributed by atoms with van der Waals surface area (Å²) in [5.74, 6) is -0.476. The van der Waals surface area contributed by atoms with E-state index < -0.39 is 30.3 Å². The lowest BCUT2D eigenvalue weighted by atomic mass is 9.97. The van der Waals surface area contributed by atoms with Crippen molar-refractivity contribution in [2.75, 3.05) is 0 Å². The third kappa shape index (κ3) is 15.4. The Kier molecular flexibility index (Phi) is 18.1. The third-order valence-corrected chi connectivity index (χ3v) is 5.38. The van der Waals surface area contributed by atoms with Gasteiger partial charge in [0, 0.05) is 12.8 Å². The second kappa shape index (κ2) is 18.5. The summed E-state index contributed by atoms with van der Waals surface area (Å²) in [6, 6.07) is 0. The highest BCUT2D eigenvalue weighted by Gasteiger charge is 2.25. The van der Waals surface area contributed by atoms with Crippen molar-refractivity contribution >= 4 is 5.78 Å². The third-order valence-electron chi connectivity index (χ3n) is 5.38. The van der Waals surface area contributed by atoms with Gasteiger partial charge in [0.05, 0.1) is 12.2 Å². The first kappa shape index (κ1) is 27.5. The second-order valence-corrected chi connectivity index (χ2v) is 8.23. The van der Waals surface area contributed by atoms with E-state index in [1.165, 1.54) is 12.8 Å². The topological polar surface area (TPSA) is 57.5 Å². The Morgan fingerprint density at radius 1 is 0.643 bits per heavy atom. The molecule has 0 unspecified atom stereocenters. The van der Waals surface area contributed by atoms with Crippen LogP contribution in [0.2, 0.25) is 0 Å². The van der Waals surface area contributed by atoms with Crippen LogP contribution in [0.3, 0.4) is 0 Å². The Labute approximate surface area is 171 Å². The van der Waals surface area contributed by atoms with Gasteiger partial charge in [-0.3, -0.25) is 4.79 Å². The fraction of sp³-hybridized carbons (Fsp3) is 0.957. The predicted molar refractivity (Wildman–Crippen MR) is 112 cm³/mol. The quantitative estimate of drug-likeness (QED) is 0.235. The van der Waals surface area contributed by atoms with Gasteiger partial charge >= 0.3 is 0 Å². The summed E-state index contributed by atoms with van der Waals surface area (Å²) < 4.78 is 28.0. The van der Waals surface area contributed by atoms with Crippen LogP contribution in [-0.2, 0) is 4.79 Å². The van der Waals surface area contributed by atoms with E-state index >= 15 is 0 Å². The Morgan fingerprint density at radius 3 is 1.32 bits per heavy atom. The van der Waals surface area contributed by atoms with E-state index in [-0.39, 0.29) is 25.7 Å². The van der Waals surface area contributed by atoms with Gasteiger partial charge in [0.15, 0.2) is 0 Å². The summed E-state index contributed by atoms with van der Waals surface area (Å²) in [4.78, 5) is 11.9. The van der Waals surface area contributed by atoms with Crippen molar-refractivity contribution in [1.29, 1.82) is 0 Å². The number of carbonyl (C=O) groups is 1. The molecule has 0 aliphatic carbocycles. The zero-order chi connectivity index (χ0) is 21.2. The van der Waals surface area contributed by atoms with Crippen molar-refractivity contribution in [3.8, 4) is 0 Å². The van der Waals surface area contributed by atoms with E-state index in [0.29, 0.717) is 12.8 Å². The number of ketones is 1. The minimum atomic E-state index is -1.43. The molecule has 0 fully saturated rings. The van der Waals surface area contributed by atoms with E-state index in [1.54, 1.807) is 0 Å². The van der Waals surface area contributed by atoms with Gasteiger partial charge in [-0.2, -0.15) is 0 Å². The molecular weight excluding hydrogens is 362 g/mol. The molecule has 4 atom stereocenters. The molecule has 0 bridgehead atoms. The molecule has 0 radical (unpaired) electrons. The van der Waals surface area contributed by atoms with Crippen LogP contribution in [0.25, 0.3) is 0 Å². The van der Waals surface area contributed by atoms with E-state index in [9.17, 15) is 23.8 Å². The van der Waals surface area contributed by atoms with Gasteiger partial charge in [-0.05, 0) is 12.8 Å². The second-order valence-electron chi connectivity index (χ2n) is 8.23. The van der Waals surface area contributed by atoms with Crippen LogP contribution in [0.15, 0.2) is 0 Å². The number of aliphatic hydroxyl groups excluding tert-OH is 2. The van der Waals surface area contributed by atoms with Crippen LogP contribution >= 0.6 is 0 Å². The molecule has 2 N–H and O–H groups in total. The molecular formula is C23H44F2O3. The van der Waals surface area contributed by atoms with Crippen LogP contribution in [0, 0.1) is 0 Å². The number of hydrogen-bond acceptors (Lipinski definition) is 3. The maximum absolute atomic E-state index is 14.0. The molecule has 0 aromatic rings. The van der Waals surface area contributed by atoms with Crippen LogP contribution in [0.1, 0.15) is 117 Å². The zero-order valence-corrected chi connectivity index (χ0v) is 18.2. The van der Waals surface area contributed by atoms with Crippen molar-refractivity contribution in [2.24, 2.45) is 0 Å². The number of aliphatic hydroxyl groups is 2. The van der Waals surface area contributed by atoms with Crippen molar-refractivity contribution in [3.63, 3.8) is 0 Å². The van der Waals surface area contributed by atoms with Gasteiger partial charge in [0.25, 0.3) is 0 Å². The molecule has 3 nitrogen and oxygen atoms in total. The lowest BCUT2D eigenvalue weighted by molar-refractivity contribution is -0.124. The molecule has 0 aromatic heterocycles. The van der Waals surface area contributed by atoms with Gasteiger partial charge in [-0.25, -0.2) is 8.78 Å². The fourth-order valence-corrected chi connectivity index (χ4v) is 3.43. The smallest absolute Gasteiger partial charge is 0.138 e. The molecule has 0 amide bonds. The van der Waals surface area contributed by atoms with E-state index in [2.05, 4.69) is 13.8 Å². The molecule has 5 heteroatoms. The van der Waals surface area contributed by atoms with Crippen LogP contribution in [0.4, 0.5) is 8.78 Å². The molecule has 0 saturated heterocycles. The first-order chi connectivity index (χ1) is 13.4. The summed E-state index contributed by atoms with van der Waals surface area (Å²) in [6.07, 6.45) is 6.61. The Bertz CT molecular complexity index is 334. The van der Waals surface area contributed by atoms with Gasteiger partial charge < -0.3 is 10.2 Å². The summed E-state index contributed by atoms with van der Waals surface area (Å²) in [5, 5.41) is 19.7. The van der Waals surface area contributed by atoms with Crippen LogP contribution < -0.4 is 0 Å². The summed E-state index contributed by atoms with van der Waals surface area (Å²) in [7, 11) is 0. The highest BCUT2D eigenvalue weighted by atomic mass is 19.1. The molecule has 0 rings (SSSR count). The fourth-order valence-electron chi connectivity index (χ4n) is 3.43. The van der Waals surface area contributed by atoms with E-state index in [4.69, 9.17) is 0 Å². The Morgan fingerprint density at radius 2 is 0.964 bits per heavy atom. The number of unbranched alkanes of at least 4 members (excludes halogenated alkanes) is 10. The highest BCUT2D eigenvalue weighted by molar-refractivity contribution is 5.79. The molecule has 28 heavy (non-hydrogen) atoms. The van der Waals surface area contributed by atoms with Gasteiger partial charge in [0.1, 0.15) is 18.1 Å². The zero-order valence-electron chi connectivity index (χ0n) is 18.2. The molecule has 0 spiro atoms. The number of hydrogen-bond donors (Lipinski definition) is 2. The number of halogens is 2. The van der Waals surface area contributed by atoms with Gasteiger partial charge in [-0.15, -0.1) is 0 Å². The van der Waals surface area contributed by atoms with Gasteiger partial charge in [-0.1, -0.05) is 90.9 Å². The lowest BCUT2D eigenvalue weighted by Gasteiger charge is -2.18. The highest BCUT2D eigenvalue weighted by Crippen LogP contribution is 2.18. The minimum Gasteiger partial charge on any atom is -0.390 e. The lowest BCUT2D eigenvalue weighted by Crippen LogP contribution is -2.29. The van der Waals surface area contributed by atoms with Crippen molar-refractivity contribution in [2.45, 2.75) is 141 Å². The normalized spacial score (nSPS) is 15.9. The van der Waals surface area contributed by atoms with Gasteiger partial charge in [0.2, 0.25) is 0 Å². The maximum Gasteiger partial charge on any atom is 0.138 e. The average Bonchev–Trinajstić information content (AvgIpc) is 2.66. The number of Topliss-reactive ketones (excluding diaryl/α,β-unsaturated/α-hetero) is 1. The molecule has 0 aliphatic rings. The number of rotatable bonds is 20. The standard InChI is InChI=1S/C23H44F2O3/c1-3-5-7-9-11-13-15-20(24)22(27)17-19(26)18-23(28)21(25)16-14-12-10-8-6-4-2/h20-23,27-28H,3-18H2,1-2H3/t20-,21-,22+,23+/m0/s1. The number of carbonyl (C=O) groups excluding carboxylic acids is 1. The molecule has 0 aliphatic heterocycles. The van der Waals surface area contributed by atoms with Crippen molar-refractivity contribution in [1.82, 2.24) is 0 Å². The average molecular weight is 407 g/mol. The monoisotopic (exact) mass is 406 g/mol. The van der Waals surface area contributed by atoms with E-state index in [0.717, 1.165) is 51.4 Å². The molecule has 0 aromatic carbocycles.